The molecule has 2 aromatic rings. The van der Waals surface area contributed by atoms with Crippen molar-refractivity contribution in [2.24, 2.45) is 0 Å². The number of rotatable bonds is 7. The summed E-state index contributed by atoms with van der Waals surface area (Å²) in [7, 11) is 1.54. The highest BCUT2D eigenvalue weighted by Gasteiger charge is 2.19. The van der Waals surface area contributed by atoms with Gasteiger partial charge in [0.05, 0.1) is 19.3 Å². The Labute approximate surface area is 153 Å². The van der Waals surface area contributed by atoms with Crippen molar-refractivity contribution in [3.8, 4) is 11.5 Å². The fourth-order valence-corrected chi connectivity index (χ4v) is 2.40. The first-order valence-corrected chi connectivity index (χ1v) is 8.35. The van der Waals surface area contributed by atoms with Gasteiger partial charge in [0.2, 0.25) is 0 Å². The zero-order valence-corrected chi connectivity index (χ0v) is 15.4. The highest BCUT2D eigenvalue weighted by atomic mass is 16.5. The van der Waals surface area contributed by atoms with Crippen molar-refractivity contribution in [2.45, 2.75) is 26.9 Å². The molecule has 0 aliphatic rings. The second kappa shape index (κ2) is 8.89. The van der Waals surface area contributed by atoms with Gasteiger partial charge in [0.1, 0.15) is 0 Å². The van der Waals surface area contributed by atoms with Crippen molar-refractivity contribution in [3.05, 3.63) is 53.6 Å². The van der Waals surface area contributed by atoms with Gasteiger partial charge in [-0.2, -0.15) is 0 Å². The number of hydrogen-bond acceptors (Lipinski definition) is 5. The molecular formula is C20H23NO5. The van der Waals surface area contributed by atoms with E-state index in [4.69, 9.17) is 14.2 Å². The van der Waals surface area contributed by atoms with Crippen LogP contribution in [0.2, 0.25) is 0 Å². The molecule has 0 aliphatic carbocycles. The van der Waals surface area contributed by atoms with E-state index in [-0.39, 0.29) is 5.91 Å². The molecule has 0 aromatic heterocycles. The standard InChI is InChI=1S/C20H23NO5/c1-5-25-20(23)15-9-8-10-16(13(15)2)21-19(22)14(3)26-18-12-7-6-11-17(18)24-4/h6-12,14H,5H2,1-4H3,(H,21,22)/t14-/m0/s1. The van der Waals surface area contributed by atoms with Gasteiger partial charge in [0.15, 0.2) is 17.6 Å². The minimum Gasteiger partial charge on any atom is -0.493 e. The van der Waals surface area contributed by atoms with Crippen LogP contribution >= 0.6 is 0 Å². The molecule has 1 N–H and O–H groups in total. The summed E-state index contributed by atoms with van der Waals surface area (Å²) in [5, 5.41) is 2.79. The van der Waals surface area contributed by atoms with Crippen molar-refractivity contribution in [2.75, 3.05) is 19.0 Å². The topological polar surface area (TPSA) is 73.9 Å². The summed E-state index contributed by atoms with van der Waals surface area (Å²) in [6.45, 7) is 5.44. The van der Waals surface area contributed by atoms with Crippen molar-refractivity contribution in [3.63, 3.8) is 0 Å². The van der Waals surface area contributed by atoms with E-state index >= 15 is 0 Å². The molecule has 2 aromatic carbocycles. The third-order valence-corrected chi connectivity index (χ3v) is 3.83. The maximum Gasteiger partial charge on any atom is 0.338 e. The Bertz CT molecular complexity index is 788. The lowest BCUT2D eigenvalue weighted by Crippen LogP contribution is -2.30. The Balaban J connectivity index is 2.12. The summed E-state index contributed by atoms with van der Waals surface area (Å²) in [5.74, 6) is 0.279. The van der Waals surface area contributed by atoms with Gasteiger partial charge in [-0.1, -0.05) is 18.2 Å². The van der Waals surface area contributed by atoms with Crippen LogP contribution in [0, 0.1) is 6.92 Å². The number of amides is 1. The van der Waals surface area contributed by atoms with E-state index in [1.807, 2.05) is 6.07 Å². The second-order valence-corrected chi connectivity index (χ2v) is 5.60. The number of anilines is 1. The van der Waals surface area contributed by atoms with Gasteiger partial charge in [0.25, 0.3) is 5.91 Å². The fourth-order valence-electron chi connectivity index (χ4n) is 2.40. The first kappa shape index (κ1) is 19.3. The molecule has 1 amide bonds. The van der Waals surface area contributed by atoms with Crippen LogP contribution in [0.4, 0.5) is 5.69 Å². The average molecular weight is 357 g/mol. The van der Waals surface area contributed by atoms with Crippen molar-refractivity contribution >= 4 is 17.6 Å². The second-order valence-electron chi connectivity index (χ2n) is 5.60. The molecule has 0 bridgehead atoms. The minimum atomic E-state index is -0.753. The van der Waals surface area contributed by atoms with Gasteiger partial charge < -0.3 is 19.5 Å². The van der Waals surface area contributed by atoms with E-state index in [0.29, 0.717) is 34.9 Å². The minimum absolute atomic E-state index is 0.290. The zero-order valence-electron chi connectivity index (χ0n) is 15.4. The number of methoxy groups -OCH3 is 1. The molecule has 1 atom stereocenters. The van der Waals surface area contributed by atoms with Gasteiger partial charge in [-0.25, -0.2) is 4.79 Å². The number of para-hydroxylation sites is 2. The van der Waals surface area contributed by atoms with Crippen LogP contribution < -0.4 is 14.8 Å². The first-order valence-electron chi connectivity index (χ1n) is 8.35. The maximum atomic E-state index is 12.5. The molecule has 0 saturated heterocycles. The van der Waals surface area contributed by atoms with E-state index in [2.05, 4.69) is 5.32 Å². The normalized spacial score (nSPS) is 11.4. The molecular weight excluding hydrogens is 334 g/mol. The third-order valence-electron chi connectivity index (χ3n) is 3.83. The molecule has 26 heavy (non-hydrogen) atoms. The number of carbonyl (C=O) groups is 2. The van der Waals surface area contributed by atoms with Crippen molar-refractivity contribution in [1.82, 2.24) is 0 Å². The molecule has 0 saturated carbocycles. The van der Waals surface area contributed by atoms with Gasteiger partial charge in [-0.15, -0.1) is 0 Å². The SMILES string of the molecule is CCOC(=O)c1cccc(NC(=O)[C@H](C)Oc2ccccc2OC)c1C. The number of carbonyl (C=O) groups excluding carboxylic acids is 2. The van der Waals surface area contributed by atoms with Gasteiger partial charge in [-0.05, 0) is 50.6 Å². The number of hydrogen-bond donors (Lipinski definition) is 1. The smallest absolute Gasteiger partial charge is 0.338 e. The number of nitrogens with one attached hydrogen (secondary N) is 1. The van der Waals surface area contributed by atoms with Crippen LogP contribution in [0.15, 0.2) is 42.5 Å². The molecule has 2 rings (SSSR count). The molecule has 0 heterocycles. The monoisotopic (exact) mass is 357 g/mol. The van der Waals surface area contributed by atoms with Crippen molar-refractivity contribution in [1.29, 1.82) is 0 Å². The summed E-state index contributed by atoms with van der Waals surface area (Å²) in [5.41, 5.74) is 1.60. The lowest BCUT2D eigenvalue weighted by molar-refractivity contribution is -0.122. The summed E-state index contributed by atoms with van der Waals surface area (Å²) < 4.78 is 15.9. The maximum absolute atomic E-state index is 12.5. The van der Waals surface area contributed by atoms with Crippen LogP contribution in [0.1, 0.15) is 29.8 Å². The van der Waals surface area contributed by atoms with Crippen LogP contribution in [0.25, 0.3) is 0 Å². The largest absolute Gasteiger partial charge is 0.493 e. The predicted octanol–water partition coefficient (Wildman–Crippen LogP) is 3.59. The van der Waals surface area contributed by atoms with Crippen LogP contribution in [-0.4, -0.2) is 31.7 Å². The van der Waals surface area contributed by atoms with E-state index in [1.54, 1.807) is 57.2 Å². The van der Waals surface area contributed by atoms with Crippen LogP contribution in [-0.2, 0) is 9.53 Å². The third kappa shape index (κ3) is 4.53. The van der Waals surface area contributed by atoms with E-state index in [9.17, 15) is 9.59 Å². The zero-order chi connectivity index (χ0) is 19.1. The quantitative estimate of drug-likeness (QED) is 0.767. The summed E-state index contributed by atoms with van der Waals surface area (Å²) in [6.07, 6.45) is -0.753. The number of esters is 1. The summed E-state index contributed by atoms with van der Waals surface area (Å²) in [4.78, 5) is 24.5. The highest BCUT2D eigenvalue weighted by Crippen LogP contribution is 2.27. The fraction of sp³-hybridized carbons (Fsp3) is 0.300. The number of benzene rings is 2. The molecule has 0 spiro atoms. The molecule has 0 aliphatic heterocycles. The first-order chi connectivity index (χ1) is 12.5. The molecule has 138 valence electrons. The average Bonchev–Trinajstić information content (AvgIpc) is 2.63. The van der Waals surface area contributed by atoms with E-state index in [0.717, 1.165) is 0 Å². The highest BCUT2D eigenvalue weighted by molar-refractivity contribution is 5.98. The molecule has 0 fully saturated rings. The van der Waals surface area contributed by atoms with Gasteiger partial charge >= 0.3 is 5.97 Å². The Kier molecular flexibility index (Phi) is 6.60. The van der Waals surface area contributed by atoms with Crippen molar-refractivity contribution < 1.29 is 23.8 Å². The Morgan fingerprint density at radius 1 is 1.08 bits per heavy atom. The molecule has 6 nitrogen and oxygen atoms in total. The van der Waals surface area contributed by atoms with Crippen LogP contribution in [0.5, 0.6) is 11.5 Å². The summed E-state index contributed by atoms with van der Waals surface area (Å²) in [6, 6.07) is 12.2. The van der Waals surface area contributed by atoms with Crippen LogP contribution in [0.3, 0.4) is 0 Å². The van der Waals surface area contributed by atoms with E-state index in [1.165, 1.54) is 7.11 Å². The number of ether oxygens (including phenoxy) is 3. The van der Waals surface area contributed by atoms with Gasteiger partial charge in [-0.3, -0.25) is 4.79 Å². The molecule has 0 radical (unpaired) electrons. The molecule has 0 unspecified atom stereocenters. The summed E-state index contributed by atoms with van der Waals surface area (Å²) >= 11 is 0. The lowest BCUT2D eigenvalue weighted by atomic mass is 10.1. The van der Waals surface area contributed by atoms with E-state index < -0.39 is 12.1 Å². The Morgan fingerprint density at radius 2 is 1.77 bits per heavy atom. The Hall–Kier alpha value is -3.02. The molecule has 6 heteroatoms. The van der Waals surface area contributed by atoms with Gasteiger partial charge in [0, 0.05) is 5.69 Å². The predicted molar refractivity (Wildman–Crippen MR) is 98.8 cm³/mol. The lowest BCUT2D eigenvalue weighted by Gasteiger charge is -2.18. The Morgan fingerprint density at radius 3 is 2.42 bits per heavy atom.